The van der Waals surface area contributed by atoms with E-state index in [1.807, 2.05) is 0 Å². The molecule has 5 nitrogen and oxygen atoms in total. The van der Waals surface area contributed by atoms with Crippen molar-refractivity contribution in [2.75, 3.05) is 0 Å². The van der Waals surface area contributed by atoms with Crippen LogP contribution in [-0.2, 0) is 4.79 Å². The third-order valence-corrected chi connectivity index (χ3v) is 2.49. The summed E-state index contributed by atoms with van der Waals surface area (Å²) < 4.78 is 0. The fourth-order valence-electron chi connectivity index (χ4n) is 0.900. The Bertz CT molecular complexity index is 241. The number of nitrogens with one attached hydrogen (secondary N) is 1. The molecule has 1 aliphatic heterocycles. The van der Waals surface area contributed by atoms with Gasteiger partial charge in [-0.3, -0.25) is 4.79 Å². The van der Waals surface area contributed by atoms with Gasteiger partial charge in [-0.15, -0.1) is 11.8 Å². The summed E-state index contributed by atoms with van der Waals surface area (Å²) in [6.07, 6.45) is 1.61. The Morgan fingerprint density at radius 1 is 1.58 bits per heavy atom. The largest absolute Gasteiger partial charge is 0.480 e. The molecule has 0 radical (unpaired) electrons. The van der Waals surface area contributed by atoms with E-state index in [4.69, 9.17) is 10.8 Å². The molecule has 0 saturated carbocycles. The number of nitrogens with two attached hydrogens (primary N) is 1. The predicted molar refractivity (Wildman–Crippen MR) is 44.7 cm³/mol. The molecule has 0 spiro atoms. The zero-order chi connectivity index (χ0) is 9.14. The monoisotopic (exact) mass is 188 g/mol. The standard InChI is InChI=1S/C6H8N2O3S/c7-6(11)8-3-1-2-12-4(3)5(9)10/h1-4H,(H,9,10)(H3,7,8,11). The van der Waals surface area contributed by atoms with Gasteiger partial charge in [0.1, 0.15) is 5.25 Å². The number of hydrogen-bond donors (Lipinski definition) is 3. The van der Waals surface area contributed by atoms with Gasteiger partial charge in [0.2, 0.25) is 0 Å². The first-order valence-electron chi connectivity index (χ1n) is 3.22. The average Bonchev–Trinajstić information content (AvgIpc) is 2.33. The molecule has 1 heterocycles. The van der Waals surface area contributed by atoms with Crippen molar-refractivity contribution in [2.24, 2.45) is 5.73 Å². The van der Waals surface area contributed by atoms with Crippen LogP contribution in [0.5, 0.6) is 0 Å². The Hall–Kier alpha value is -1.17. The first kappa shape index (κ1) is 8.92. The molecule has 2 atom stereocenters. The van der Waals surface area contributed by atoms with E-state index < -0.39 is 23.3 Å². The Morgan fingerprint density at radius 2 is 2.25 bits per heavy atom. The Balaban J connectivity index is 2.57. The molecule has 6 heteroatoms. The van der Waals surface area contributed by atoms with Crippen molar-refractivity contribution in [2.45, 2.75) is 11.3 Å². The van der Waals surface area contributed by atoms with Gasteiger partial charge in [0, 0.05) is 0 Å². The smallest absolute Gasteiger partial charge is 0.319 e. The number of carboxylic acids is 1. The lowest BCUT2D eigenvalue weighted by atomic mass is 10.2. The summed E-state index contributed by atoms with van der Waals surface area (Å²) in [5.74, 6) is -0.955. The Kier molecular flexibility index (Phi) is 2.59. The van der Waals surface area contributed by atoms with Gasteiger partial charge in [-0.05, 0) is 5.41 Å². The number of thioether (sulfide) groups is 1. The minimum absolute atomic E-state index is 0.495. The van der Waals surface area contributed by atoms with E-state index in [-0.39, 0.29) is 0 Å². The van der Waals surface area contributed by atoms with Crippen molar-refractivity contribution >= 4 is 23.8 Å². The van der Waals surface area contributed by atoms with E-state index in [0.29, 0.717) is 0 Å². The van der Waals surface area contributed by atoms with Crippen LogP contribution in [-0.4, -0.2) is 28.4 Å². The molecule has 4 N–H and O–H groups in total. The molecule has 1 aliphatic rings. The normalized spacial score (nSPS) is 27.0. The zero-order valence-corrected chi connectivity index (χ0v) is 6.88. The number of carbonyl (C=O) groups is 2. The molecule has 0 saturated heterocycles. The van der Waals surface area contributed by atoms with Gasteiger partial charge in [-0.2, -0.15) is 0 Å². The average molecular weight is 188 g/mol. The van der Waals surface area contributed by atoms with Crippen molar-refractivity contribution in [1.82, 2.24) is 5.32 Å². The van der Waals surface area contributed by atoms with Crippen LogP contribution in [0.15, 0.2) is 11.5 Å². The molecule has 0 fully saturated rings. The molecular formula is C6H8N2O3S. The molecule has 2 unspecified atom stereocenters. The third-order valence-electron chi connectivity index (χ3n) is 1.39. The molecule has 0 aromatic rings. The van der Waals surface area contributed by atoms with E-state index in [1.54, 1.807) is 11.5 Å². The number of urea groups is 1. The van der Waals surface area contributed by atoms with Gasteiger partial charge in [-0.1, -0.05) is 6.08 Å². The molecule has 2 amide bonds. The van der Waals surface area contributed by atoms with E-state index in [0.717, 1.165) is 11.8 Å². The highest BCUT2D eigenvalue weighted by molar-refractivity contribution is 8.03. The van der Waals surface area contributed by atoms with Gasteiger partial charge >= 0.3 is 12.0 Å². The van der Waals surface area contributed by atoms with Crippen LogP contribution in [0, 0.1) is 0 Å². The summed E-state index contributed by atoms with van der Waals surface area (Å²) in [7, 11) is 0. The molecule has 12 heavy (non-hydrogen) atoms. The summed E-state index contributed by atoms with van der Waals surface area (Å²) >= 11 is 1.15. The number of carboxylic acid groups (broad SMARTS) is 1. The molecular weight excluding hydrogens is 180 g/mol. The fourth-order valence-corrected chi connectivity index (χ4v) is 1.77. The highest BCUT2D eigenvalue weighted by Gasteiger charge is 2.30. The predicted octanol–water partition coefficient (Wildman–Crippen LogP) is -0.263. The molecule has 66 valence electrons. The van der Waals surface area contributed by atoms with Crippen LogP contribution in [0.4, 0.5) is 4.79 Å². The van der Waals surface area contributed by atoms with E-state index in [1.165, 1.54) is 0 Å². The maximum Gasteiger partial charge on any atom is 0.319 e. The van der Waals surface area contributed by atoms with Crippen LogP contribution in [0.1, 0.15) is 0 Å². The van der Waals surface area contributed by atoms with Gasteiger partial charge in [0.05, 0.1) is 6.04 Å². The highest BCUT2D eigenvalue weighted by atomic mass is 32.2. The number of hydrogen-bond acceptors (Lipinski definition) is 3. The first-order chi connectivity index (χ1) is 5.61. The van der Waals surface area contributed by atoms with Gasteiger partial charge in [-0.25, -0.2) is 4.79 Å². The molecule has 0 aromatic heterocycles. The SMILES string of the molecule is NC(=O)NC1C=CSC1C(=O)O. The lowest BCUT2D eigenvalue weighted by Crippen LogP contribution is -2.44. The van der Waals surface area contributed by atoms with E-state index >= 15 is 0 Å². The number of amides is 2. The highest BCUT2D eigenvalue weighted by Crippen LogP contribution is 2.24. The number of carbonyl (C=O) groups excluding carboxylic acids is 1. The van der Waals surface area contributed by atoms with Gasteiger partial charge < -0.3 is 16.2 Å². The molecule has 1 rings (SSSR count). The van der Waals surface area contributed by atoms with Crippen molar-refractivity contribution in [1.29, 1.82) is 0 Å². The lowest BCUT2D eigenvalue weighted by molar-refractivity contribution is -0.136. The lowest BCUT2D eigenvalue weighted by Gasteiger charge is -2.13. The molecule has 0 aromatic carbocycles. The summed E-state index contributed by atoms with van der Waals surface area (Å²) in [4.78, 5) is 20.9. The number of rotatable bonds is 2. The van der Waals surface area contributed by atoms with Crippen molar-refractivity contribution in [3.05, 3.63) is 11.5 Å². The second kappa shape index (κ2) is 3.48. The van der Waals surface area contributed by atoms with Crippen molar-refractivity contribution in [3.63, 3.8) is 0 Å². The van der Waals surface area contributed by atoms with Crippen LogP contribution in [0.2, 0.25) is 0 Å². The van der Waals surface area contributed by atoms with Gasteiger partial charge in [0.15, 0.2) is 0 Å². The summed E-state index contributed by atoms with van der Waals surface area (Å²) in [5, 5.41) is 12.0. The minimum Gasteiger partial charge on any atom is -0.480 e. The Morgan fingerprint density at radius 3 is 2.75 bits per heavy atom. The van der Waals surface area contributed by atoms with E-state index in [9.17, 15) is 9.59 Å². The first-order valence-corrected chi connectivity index (χ1v) is 4.16. The van der Waals surface area contributed by atoms with Crippen LogP contribution >= 0.6 is 11.8 Å². The zero-order valence-electron chi connectivity index (χ0n) is 6.06. The Labute approximate surface area is 73.0 Å². The quantitative estimate of drug-likeness (QED) is 0.556. The topological polar surface area (TPSA) is 92.4 Å². The van der Waals surface area contributed by atoms with Crippen molar-refractivity contribution < 1.29 is 14.7 Å². The molecule has 0 aliphatic carbocycles. The van der Waals surface area contributed by atoms with Crippen LogP contribution in [0.3, 0.4) is 0 Å². The van der Waals surface area contributed by atoms with Crippen LogP contribution < -0.4 is 11.1 Å². The maximum atomic E-state index is 10.5. The molecule has 0 bridgehead atoms. The number of primary amides is 1. The maximum absolute atomic E-state index is 10.5. The minimum atomic E-state index is -0.955. The fraction of sp³-hybridized carbons (Fsp3) is 0.333. The van der Waals surface area contributed by atoms with E-state index in [2.05, 4.69) is 5.32 Å². The summed E-state index contributed by atoms with van der Waals surface area (Å²) in [6, 6.07) is -1.21. The van der Waals surface area contributed by atoms with Crippen molar-refractivity contribution in [3.8, 4) is 0 Å². The number of aliphatic carboxylic acids is 1. The summed E-state index contributed by atoms with van der Waals surface area (Å²) in [5.41, 5.74) is 4.85. The second-order valence-electron chi connectivity index (χ2n) is 2.26. The second-order valence-corrected chi connectivity index (χ2v) is 3.31. The van der Waals surface area contributed by atoms with Crippen LogP contribution in [0.25, 0.3) is 0 Å². The summed E-state index contributed by atoms with van der Waals surface area (Å²) in [6.45, 7) is 0. The van der Waals surface area contributed by atoms with Gasteiger partial charge in [0.25, 0.3) is 0 Å². The third kappa shape index (κ3) is 1.91.